The van der Waals surface area contributed by atoms with Crippen molar-refractivity contribution in [3.05, 3.63) is 88.8 Å². The summed E-state index contributed by atoms with van der Waals surface area (Å²) in [4.78, 5) is 26.3. The predicted molar refractivity (Wildman–Crippen MR) is 106 cm³/mol. The van der Waals surface area contributed by atoms with Gasteiger partial charge >= 0.3 is 0 Å². The van der Waals surface area contributed by atoms with E-state index in [0.717, 1.165) is 17.7 Å². The van der Waals surface area contributed by atoms with Gasteiger partial charge in [-0.25, -0.2) is 8.78 Å². The molecule has 0 spiro atoms. The lowest BCUT2D eigenvalue weighted by Gasteiger charge is -2.21. The number of nitrogens with one attached hydrogen (secondary N) is 1. The third kappa shape index (κ3) is 5.50. The molecule has 0 aliphatic carbocycles. The fourth-order valence-corrected chi connectivity index (χ4v) is 2.95. The zero-order valence-corrected chi connectivity index (χ0v) is 16.4. The first-order valence-electron chi connectivity index (χ1n) is 9.49. The van der Waals surface area contributed by atoms with Crippen LogP contribution in [0.1, 0.15) is 39.1 Å². The van der Waals surface area contributed by atoms with Gasteiger partial charge in [-0.1, -0.05) is 35.5 Å². The number of carbonyl (C=O) groups excluding carboxylic acids is 2. The summed E-state index contributed by atoms with van der Waals surface area (Å²) in [6.07, 6.45) is 0.529. The van der Waals surface area contributed by atoms with Gasteiger partial charge in [0.2, 0.25) is 0 Å². The average Bonchev–Trinajstić information content (AvgIpc) is 3.19. The van der Waals surface area contributed by atoms with Crippen molar-refractivity contribution in [3.63, 3.8) is 0 Å². The van der Waals surface area contributed by atoms with Crippen molar-refractivity contribution in [2.75, 3.05) is 13.1 Å². The molecule has 0 saturated heterocycles. The molecule has 1 aromatic heterocycles. The van der Waals surface area contributed by atoms with Crippen LogP contribution in [-0.2, 0) is 13.0 Å². The van der Waals surface area contributed by atoms with Gasteiger partial charge in [-0.3, -0.25) is 9.59 Å². The maximum atomic E-state index is 13.6. The van der Waals surface area contributed by atoms with Gasteiger partial charge in [-0.2, -0.15) is 0 Å². The number of halogens is 2. The van der Waals surface area contributed by atoms with Crippen LogP contribution in [0.2, 0.25) is 0 Å². The van der Waals surface area contributed by atoms with Crippen LogP contribution >= 0.6 is 0 Å². The third-order valence-electron chi connectivity index (χ3n) is 4.39. The molecule has 156 valence electrons. The number of aromatic nitrogens is 1. The smallest absolute Gasteiger partial charge is 0.273 e. The summed E-state index contributed by atoms with van der Waals surface area (Å²) >= 11 is 0. The third-order valence-corrected chi connectivity index (χ3v) is 4.39. The molecule has 8 heteroatoms. The Morgan fingerprint density at radius 3 is 2.43 bits per heavy atom. The highest BCUT2D eigenvalue weighted by molar-refractivity contribution is 5.94. The second-order valence-corrected chi connectivity index (χ2v) is 6.66. The fraction of sp³-hybridized carbons (Fsp3) is 0.227. The Balaban J connectivity index is 1.81. The van der Waals surface area contributed by atoms with Crippen molar-refractivity contribution in [1.82, 2.24) is 15.4 Å². The molecule has 6 nitrogen and oxygen atoms in total. The number of hydrogen-bond acceptors (Lipinski definition) is 4. The number of rotatable bonds is 8. The summed E-state index contributed by atoms with van der Waals surface area (Å²) in [5.41, 5.74) is 0.990. The Morgan fingerprint density at radius 1 is 1.07 bits per heavy atom. The van der Waals surface area contributed by atoms with Gasteiger partial charge in [0.1, 0.15) is 11.6 Å². The molecule has 0 atom stereocenters. The molecule has 2 amide bonds. The van der Waals surface area contributed by atoms with Crippen molar-refractivity contribution in [3.8, 4) is 0 Å². The minimum atomic E-state index is -0.834. The molecular weight excluding hydrogens is 392 g/mol. The highest BCUT2D eigenvalue weighted by atomic mass is 19.1. The molecule has 30 heavy (non-hydrogen) atoms. The first kappa shape index (κ1) is 21.2. The second kappa shape index (κ2) is 9.78. The monoisotopic (exact) mass is 413 g/mol. The van der Waals surface area contributed by atoms with E-state index in [2.05, 4.69) is 10.5 Å². The van der Waals surface area contributed by atoms with Crippen molar-refractivity contribution >= 4 is 11.8 Å². The first-order chi connectivity index (χ1) is 14.5. The van der Waals surface area contributed by atoms with E-state index in [1.54, 1.807) is 6.92 Å². The van der Waals surface area contributed by atoms with Crippen molar-refractivity contribution in [2.24, 2.45) is 0 Å². The SMILES string of the molecule is CCNC(=O)c1cc(CN(CCc2ccccc2)C(=O)c2cc(F)cc(F)c2)on1. The van der Waals surface area contributed by atoms with Crippen LogP contribution in [0.4, 0.5) is 8.78 Å². The molecule has 3 aromatic rings. The van der Waals surface area contributed by atoms with E-state index in [1.165, 1.54) is 11.0 Å². The summed E-state index contributed by atoms with van der Waals surface area (Å²) in [6, 6.07) is 13.6. The number of nitrogens with zero attached hydrogens (tertiary/aromatic N) is 2. The van der Waals surface area contributed by atoms with Crippen LogP contribution in [-0.4, -0.2) is 35.0 Å². The number of hydrogen-bond donors (Lipinski definition) is 1. The van der Waals surface area contributed by atoms with Crippen LogP contribution in [0.25, 0.3) is 0 Å². The van der Waals surface area contributed by atoms with Crippen LogP contribution in [0.3, 0.4) is 0 Å². The van der Waals surface area contributed by atoms with Crippen LogP contribution in [0, 0.1) is 11.6 Å². The maximum absolute atomic E-state index is 13.6. The second-order valence-electron chi connectivity index (χ2n) is 6.66. The zero-order chi connectivity index (χ0) is 21.5. The van der Waals surface area contributed by atoms with Crippen LogP contribution in [0.5, 0.6) is 0 Å². The predicted octanol–water partition coefficient (Wildman–Crippen LogP) is 3.59. The minimum Gasteiger partial charge on any atom is -0.359 e. The number of amides is 2. The van der Waals surface area contributed by atoms with Gasteiger partial charge in [0.25, 0.3) is 11.8 Å². The highest BCUT2D eigenvalue weighted by Crippen LogP contribution is 2.15. The lowest BCUT2D eigenvalue weighted by Crippen LogP contribution is -2.32. The van der Waals surface area contributed by atoms with Crippen molar-refractivity contribution in [2.45, 2.75) is 19.9 Å². The first-order valence-corrected chi connectivity index (χ1v) is 9.49. The van der Waals surface area contributed by atoms with E-state index >= 15 is 0 Å². The summed E-state index contributed by atoms with van der Waals surface area (Å²) in [5, 5.41) is 6.33. The summed E-state index contributed by atoms with van der Waals surface area (Å²) in [5.74, 6) is -2.32. The fourth-order valence-electron chi connectivity index (χ4n) is 2.95. The number of carbonyl (C=O) groups is 2. The summed E-state index contributed by atoms with van der Waals surface area (Å²) in [7, 11) is 0. The minimum absolute atomic E-state index is 0.00377. The van der Waals surface area contributed by atoms with Crippen LogP contribution < -0.4 is 5.32 Å². The van der Waals surface area contributed by atoms with E-state index in [-0.39, 0.29) is 36.0 Å². The standard InChI is InChI=1S/C22H21F2N3O3/c1-2-25-21(28)20-13-19(30-26-20)14-27(9-8-15-6-4-3-5-7-15)22(29)16-10-17(23)12-18(24)11-16/h3-7,10-13H,2,8-9,14H2,1H3,(H,25,28). The molecule has 0 fully saturated rings. The Bertz CT molecular complexity index is 1000. The number of benzene rings is 2. The van der Waals surface area contributed by atoms with E-state index in [4.69, 9.17) is 4.52 Å². The highest BCUT2D eigenvalue weighted by Gasteiger charge is 2.21. The average molecular weight is 413 g/mol. The van der Waals surface area contributed by atoms with E-state index in [0.29, 0.717) is 19.0 Å². The van der Waals surface area contributed by atoms with Gasteiger partial charge in [0.15, 0.2) is 11.5 Å². The molecular formula is C22H21F2N3O3. The Labute approximate surface area is 172 Å². The van der Waals surface area contributed by atoms with Crippen LogP contribution in [0.15, 0.2) is 59.1 Å². The van der Waals surface area contributed by atoms with Gasteiger partial charge in [-0.05, 0) is 31.0 Å². The molecule has 0 bridgehead atoms. The largest absolute Gasteiger partial charge is 0.359 e. The lowest BCUT2D eigenvalue weighted by molar-refractivity contribution is 0.0728. The normalized spacial score (nSPS) is 10.6. The Hall–Kier alpha value is -3.55. The quantitative estimate of drug-likeness (QED) is 0.612. The molecule has 0 saturated carbocycles. The molecule has 0 unspecified atom stereocenters. The molecule has 2 aromatic carbocycles. The van der Waals surface area contributed by atoms with Gasteiger partial charge in [0.05, 0.1) is 6.54 Å². The van der Waals surface area contributed by atoms with Crippen molar-refractivity contribution < 1.29 is 22.9 Å². The molecule has 3 rings (SSSR count). The lowest BCUT2D eigenvalue weighted by atomic mass is 10.1. The Morgan fingerprint density at radius 2 is 1.77 bits per heavy atom. The zero-order valence-electron chi connectivity index (χ0n) is 16.4. The van der Waals surface area contributed by atoms with Crippen molar-refractivity contribution in [1.29, 1.82) is 0 Å². The maximum Gasteiger partial charge on any atom is 0.273 e. The van der Waals surface area contributed by atoms with Gasteiger partial charge in [0, 0.05) is 30.8 Å². The van der Waals surface area contributed by atoms with Gasteiger partial charge < -0.3 is 14.7 Å². The molecule has 1 heterocycles. The topological polar surface area (TPSA) is 75.4 Å². The van der Waals surface area contributed by atoms with Gasteiger partial charge in [-0.15, -0.1) is 0 Å². The summed E-state index contributed by atoms with van der Waals surface area (Å²) < 4.78 is 32.4. The molecule has 0 aliphatic rings. The van der Waals surface area contributed by atoms with E-state index < -0.39 is 17.5 Å². The van der Waals surface area contributed by atoms with E-state index in [1.807, 2.05) is 30.3 Å². The molecule has 0 radical (unpaired) electrons. The van der Waals surface area contributed by atoms with E-state index in [9.17, 15) is 18.4 Å². The molecule has 1 N–H and O–H groups in total. The summed E-state index contributed by atoms with van der Waals surface area (Å²) in [6.45, 7) is 2.49. The Kier molecular flexibility index (Phi) is 6.90. The molecule has 0 aliphatic heterocycles.